The van der Waals surface area contributed by atoms with Crippen LogP contribution in [0.15, 0.2) is 18.2 Å². The van der Waals surface area contributed by atoms with Gasteiger partial charge >= 0.3 is 0 Å². The number of piperidine rings is 1. The maximum absolute atomic E-state index is 12.8. The van der Waals surface area contributed by atoms with Gasteiger partial charge < -0.3 is 4.90 Å². The average molecular weight is 354 g/mol. The Labute approximate surface area is 154 Å². The number of hydrogen-bond acceptors (Lipinski definition) is 3. The van der Waals surface area contributed by atoms with Crippen molar-refractivity contribution in [2.45, 2.75) is 57.9 Å². The van der Waals surface area contributed by atoms with Crippen LogP contribution >= 0.6 is 0 Å². The van der Waals surface area contributed by atoms with E-state index < -0.39 is 0 Å². The summed E-state index contributed by atoms with van der Waals surface area (Å²) in [5.41, 5.74) is 1.88. The van der Waals surface area contributed by atoms with E-state index in [2.05, 4.69) is 0 Å². The molecule has 5 nitrogen and oxygen atoms in total. The normalized spacial score (nSPS) is 25.3. The fraction of sp³-hybridized carbons (Fsp3) is 0.571. The molecule has 2 aliphatic heterocycles. The Hall–Kier alpha value is -2.17. The van der Waals surface area contributed by atoms with Gasteiger partial charge in [0.15, 0.2) is 0 Å². The largest absolute Gasteiger partial charge is 0.339 e. The van der Waals surface area contributed by atoms with Gasteiger partial charge in [-0.25, -0.2) is 0 Å². The van der Waals surface area contributed by atoms with Crippen molar-refractivity contribution in [2.75, 3.05) is 13.1 Å². The lowest BCUT2D eigenvalue weighted by Crippen LogP contribution is -2.50. The van der Waals surface area contributed by atoms with Gasteiger partial charge in [0.25, 0.3) is 11.8 Å². The summed E-state index contributed by atoms with van der Waals surface area (Å²) in [6.07, 6.45) is 7.33. The first kappa shape index (κ1) is 17.3. The van der Waals surface area contributed by atoms with E-state index in [0.717, 1.165) is 24.9 Å². The van der Waals surface area contributed by atoms with Crippen molar-refractivity contribution in [3.63, 3.8) is 0 Å². The molecule has 1 aromatic carbocycles. The molecule has 0 aromatic heterocycles. The zero-order chi connectivity index (χ0) is 18.3. The van der Waals surface area contributed by atoms with E-state index in [1.165, 1.54) is 30.6 Å². The Balaban J connectivity index is 1.42. The SMILES string of the molecule is Cc1ccc2c(c1)C(=O)N(CCC(=O)N1CCCC3CCCCC31)C2=O. The van der Waals surface area contributed by atoms with Crippen LogP contribution in [0.5, 0.6) is 0 Å². The zero-order valence-corrected chi connectivity index (χ0v) is 15.4. The highest BCUT2D eigenvalue weighted by Crippen LogP contribution is 2.35. The average Bonchev–Trinajstić information content (AvgIpc) is 2.89. The maximum Gasteiger partial charge on any atom is 0.261 e. The minimum Gasteiger partial charge on any atom is -0.339 e. The third-order valence-corrected chi connectivity index (χ3v) is 6.24. The van der Waals surface area contributed by atoms with E-state index in [-0.39, 0.29) is 30.7 Å². The summed E-state index contributed by atoms with van der Waals surface area (Å²) >= 11 is 0. The number of benzene rings is 1. The third kappa shape index (κ3) is 2.93. The molecule has 0 bridgehead atoms. The second-order valence-electron chi connectivity index (χ2n) is 7.90. The first-order valence-electron chi connectivity index (χ1n) is 9.82. The molecule has 1 aliphatic carbocycles. The van der Waals surface area contributed by atoms with Gasteiger partial charge in [0.2, 0.25) is 5.91 Å². The summed E-state index contributed by atoms with van der Waals surface area (Å²) in [5.74, 6) is 0.195. The summed E-state index contributed by atoms with van der Waals surface area (Å²) in [7, 11) is 0. The summed E-state index contributed by atoms with van der Waals surface area (Å²) in [5, 5.41) is 0. The first-order valence-corrected chi connectivity index (χ1v) is 9.82. The standard InChI is InChI=1S/C21H26N2O3/c1-14-8-9-16-17(13-14)21(26)23(20(16)25)12-10-19(24)22-11-4-6-15-5-2-3-7-18(15)22/h8-9,13,15,18H,2-7,10-12H2,1H3. The van der Waals surface area contributed by atoms with Gasteiger partial charge in [0, 0.05) is 25.6 Å². The van der Waals surface area contributed by atoms with Crippen molar-refractivity contribution in [1.29, 1.82) is 0 Å². The van der Waals surface area contributed by atoms with E-state index in [1.807, 2.05) is 17.9 Å². The summed E-state index contributed by atoms with van der Waals surface area (Å²) < 4.78 is 0. The molecule has 4 rings (SSSR count). The van der Waals surface area contributed by atoms with E-state index in [4.69, 9.17) is 0 Å². The number of carbonyl (C=O) groups excluding carboxylic acids is 3. The van der Waals surface area contributed by atoms with Crippen LogP contribution in [0.1, 0.15) is 71.2 Å². The predicted octanol–water partition coefficient (Wildman–Crippen LogP) is 3.16. The molecular weight excluding hydrogens is 328 g/mol. The molecule has 2 atom stereocenters. The van der Waals surface area contributed by atoms with Crippen LogP contribution in [-0.2, 0) is 4.79 Å². The maximum atomic E-state index is 12.8. The zero-order valence-electron chi connectivity index (χ0n) is 15.4. The molecule has 2 fully saturated rings. The quantitative estimate of drug-likeness (QED) is 0.784. The number of imide groups is 1. The second-order valence-corrected chi connectivity index (χ2v) is 7.90. The van der Waals surface area contributed by atoms with Crippen LogP contribution in [0.25, 0.3) is 0 Å². The highest BCUT2D eigenvalue weighted by molar-refractivity contribution is 6.21. The van der Waals surface area contributed by atoms with Gasteiger partial charge in [0.05, 0.1) is 11.1 Å². The van der Waals surface area contributed by atoms with Gasteiger partial charge in [0.1, 0.15) is 0 Å². The van der Waals surface area contributed by atoms with Crippen molar-refractivity contribution >= 4 is 17.7 Å². The minimum absolute atomic E-state index is 0.0920. The highest BCUT2D eigenvalue weighted by atomic mass is 16.2. The highest BCUT2D eigenvalue weighted by Gasteiger charge is 2.38. The molecular formula is C21H26N2O3. The van der Waals surface area contributed by atoms with E-state index >= 15 is 0 Å². The number of hydrogen-bond donors (Lipinski definition) is 0. The topological polar surface area (TPSA) is 57.7 Å². The van der Waals surface area contributed by atoms with Crippen LogP contribution in [0.2, 0.25) is 0 Å². The monoisotopic (exact) mass is 354 g/mol. The Morgan fingerprint density at radius 3 is 2.62 bits per heavy atom. The van der Waals surface area contributed by atoms with Crippen molar-refractivity contribution in [3.05, 3.63) is 34.9 Å². The fourth-order valence-corrected chi connectivity index (χ4v) is 4.89. The molecule has 0 N–H and O–H groups in total. The molecule has 0 spiro atoms. The third-order valence-electron chi connectivity index (χ3n) is 6.24. The van der Waals surface area contributed by atoms with Crippen molar-refractivity contribution in [1.82, 2.24) is 9.80 Å². The predicted molar refractivity (Wildman–Crippen MR) is 97.9 cm³/mol. The first-order chi connectivity index (χ1) is 12.6. The number of fused-ring (bicyclic) bond motifs is 2. The fourth-order valence-electron chi connectivity index (χ4n) is 4.89. The summed E-state index contributed by atoms with van der Waals surface area (Å²) in [4.78, 5) is 41.2. The Morgan fingerprint density at radius 2 is 1.77 bits per heavy atom. The minimum atomic E-state index is -0.271. The molecule has 0 radical (unpaired) electrons. The molecule has 2 heterocycles. The number of aryl methyl sites for hydroxylation is 1. The van der Waals surface area contributed by atoms with Gasteiger partial charge in [-0.2, -0.15) is 0 Å². The number of likely N-dealkylation sites (tertiary alicyclic amines) is 1. The molecule has 1 saturated carbocycles. The van der Waals surface area contributed by atoms with Crippen molar-refractivity contribution < 1.29 is 14.4 Å². The van der Waals surface area contributed by atoms with Crippen molar-refractivity contribution in [3.8, 4) is 0 Å². The van der Waals surface area contributed by atoms with E-state index in [0.29, 0.717) is 23.1 Å². The summed E-state index contributed by atoms with van der Waals surface area (Å²) in [6.45, 7) is 2.90. The second kappa shape index (κ2) is 6.86. The Kier molecular flexibility index (Phi) is 4.55. The Morgan fingerprint density at radius 1 is 1.04 bits per heavy atom. The molecule has 3 amide bonds. The van der Waals surface area contributed by atoms with Gasteiger partial charge in [-0.3, -0.25) is 19.3 Å². The number of amides is 3. The summed E-state index contributed by atoms with van der Waals surface area (Å²) in [6, 6.07) is 5.68. The van der Waals surface area contributed by atoms with Gasteiger partial charge in [-0.1, -0.05) is 24.5 Å². The molecule has 5 heteroatoms. The molecule has 1 aromatic rings. The molecule has 2 unspecified atom stereocenters. The number of carbonyl (C=O) groups is 3. The molecule has 26 heavy (non-hydrogen) atoms. The van der Waals surface area contributed by atoms with Crippen LogP contribution < -0.4 is 0 Å². The van der Waals surface area contributed by atoms with E-state index in [1.54, 1.807) is 12.1 Å². The molecule has 138 valence electrons. The Bertz CT molecular complexity index is 756. The molecule has 3 aliphatic rings. The van der Waals surface area contributed by atoms with Crippen molar-refractivity contribution in [2.24, 2.45) is 5.92 Å². The lowest BCUT2D eigenvalue weighted by molar-refractivity contribution is -0.137. The van der Waals surface area contributed by atoms with Crippen LogP contribution in [-0.4, -0.2) is 46.7 Å². The van der Waals surface area contributed by atoms with Crippen LogP contribution in [0.4, 0.5) is 0 Å². The van der Waals surface area contributed by atoms with E-state index in [9.17, 15) is 14.4 Å². The molecule has 1 saturated heterocycles. The lowest BCUT2D eigenvalue weighted by atomic mass is 9.78. The van der Waals surface area contributed by atoms with Gasteiger partial charge in [-0.15, -0.1) is 0 Å². The van der Waals surface area contributed by atoms with Crippen LogP contribution in [0.3, 0.4) is 0 Å². The van der Waals surface area contributed by atoms with Crippen LogP contribution in [0, 0.1) is 12.8 Å². The smallest absolute Gasteiger partial charge is 0.261 e. The number of rotatable bonds is 3. The van der Waals surface area contributed by atoms with Gasteiger partial charge in [-0.05, 0) is 50.7 Å². The lowest BCUT2D eigenvalue weighted by Gasteiger charge is -2.44. The number of nitrogens with zero attached hydrogens (tertiary/aromatic N) is 2.